The summed E-state index contributed by atoms with van der Waals surface area (Å²) in [5.74, 6) is -0.432. The number of amides is 2. The molecule has 0 saturated carbocycles. The molecule has 0 spiro atoms. The molecule has 174 valence electrons. The Morgan fingerprint density at radius 3 is 2.53 bits per heavy atom. The fourth-order valence-corrected chi connectivity index (χ4v) is 4.67. The predicted octanol–water partition coefficient (Wildman–Crippen LogP) is 7.16. The van der Waals surface area contributed by atoms with Gasteiger partial charge in [-0.1, -0.05) is 35.9 Å². The van der Waals surface area contributed by atoms with Gasteiger partial charge in [-0.3, -0.25) is 0 Å². The van der Waals surface area contributed by atoms with E-state index in [4.69, 9.17) is 11.6 Å². The first-order valence-electron chi connectivity index (χ1n) is 10.5. The number of hydrogen-bond donors (Lipinski definition) is 2. The normalized spacial score (nSPS) is 15.9. The Balaban J connectivity index is 1.58. The van der Waals surface area contributed by atoms with Gasteiger partial charge in [-0.2, -0.15) is 13.2 Å². The first kappa shape index (κ1) is 22.3. The average molecular weight is 488 g/mol. The average Bonchev–Trinajstić information content (AvgIpc) is 3.16. The van der Waals surface area contributed by atoms with Crippen molar-refractivity contribution in [3.63, 3.8) is 0 Å². The molecule has 0 saturated heterocycles. The van der Waals surface area contributed by atoms with Crippen LogP contribution in [0, 0.1) is 5.82 Å². The molecule has 2 N–H and O–H groups in total. The second kappa shape index (κ2) is 8.36. The van der Waals surface area contributed by atoms with Crippen molar-refractivity contribution in [2.45, 2.75) is 18.6 Å². The summed E-state index contributed by atoms with van der Waals surface area (Å²) in [7, 11) is 0. The lowest BCUT2D eigenvalue weighted by atomic mass is 9.92. The van der Waals surface area contributed by atoms with Crippen LogP contribution in [0.5, 0.6) is 0 Å². The molecule has 1 atom stereocenters. The molecule has 0 fully saturated rings. The monoisotopic (exact) mass is 487 g/mol. The lowest BCUT2D eigenvalue weighted by molar-refractivity contribution is -0.136. The van der Waals surface area contributed by atoms with Crippen LogP contribution in [0.15, 0.2) is 66.7 Å². The highest BCUT2D eigenvalue weighted by Gasteiger charge is 2.37. The zero-order valence-electron chi connectivity index (χ0n) is 17.6. The molecular weight excluding hydrogens is 470 g/mol. The number of alkyl halides is 3. The number of urea groups is 1. The smallest absolute Gasteiger partial charge is 0.356 e. The van der Waals surface area contributed by atoms with Crippen LogP contribution in [0.3, 0.4) is 0 Å². The van der Waals surface area contributed by atoms with E-state index >= 15 is 0 Å². The quantitative estimate of drug-likeness (QED) is 0.290. The number of carbonyl (C=O) groups excluding carboxylic acids is 1. The maximum Gasteiger partial charge on any atom is 0.418 e. The standard InChI is InChI=1S/C25H18ClF4N3O/c26-15-7-10-20-18(13-15)17-11-12-33(23(22(17)31-20)14-5-8-16(27)9-6-14)24(34)32-21-4-2-1-3-19(21)25(28,29)30/h1-10,13,23,31H,11-12H2,(H,32,34)/t23-/m0/s1. The summed E-state index contributed by atoms with van der Waals surface area (Å²) >= 11 is 6.19. The number of para-hydroxylation sites is 1. The molecule has 1 aliphatic heterocycles. The van der Waals surface area contributed by atoms with E-state index < -0.39 is 29.6 Å². The van der Waals surface area contributed by atoms with Crippen LogP contribution >= 0.6 is 11.6 Å². The van der Waals surface area contributed by atoms with Crippen molar-refractivity contribution in [1.82, 2.24) is 9.88 Å². The van der Waals surface area contributed by atoms with Gasteiger partial charge in [-0.05, 0) is 60.0 Å². The number of anilines is 1. The minimum Gasteiger partial charge on any atom is -0.356 e. The van der Waals surface area contributed by atoms with Crippen LogP contribution < -0.4 is 5.32 Å². The maximum atomic E-state index is 13.6. The lowest BCUT2D eigenvalue weighted by Crippen LogP contribution is -2.43. The Labute approximate surface area is 197 Å². The molecule has 1 aliphatic rings. The number of H-pyrrole nitrogens is 1. The van der Waals surface area contributed by atoms with Gasteiger partial charge in [0.2, 0.25) is 0 Å². The number of carbonyl (C=O) groups is 1. The van der Waals surface area contributed by atoms with Crippen LogP contribution in [0.4, 0.5) is 28.0 Å². The fraction of sp³-hybridized carbons (Fsp3) is 0.160. The van der Waals surface area contributed by atoms with Gasteiger partial charge in [0, 0.05) is 28.2 Å². The molecule has 5 rings (SSSR count). The highest BCUT2D eigenvalue weighted by molar-refractivity contribution is 6.31. The van der Waals surface area contributed by atoms with Crippen molar-refractivity contribution in [2.75, 3.05) is 11.9 Å². The maximum absolute atomic E-state index is 13.6. The van der Waals surface area contributed by atoms with E-state index in [1.807, 2.05) is 12.1 Å². The summed E-state index contributed by atoms with van der Waals surface area (Å²) in [6.07, 6.45) is -4.15. The van der Waals surface area contributed by atoms with Crippen molar-refractivity contribution >= 4 is 34.2 Å². The summed E-state index contributed by atoms with van der Waals surface area (Å²) in [6, 6.07) is 14.6. The Kier molecular flexibility index (Phi) is 5.48. The first-order chi connectivity index (χ1) is 16.2. The van der Waals surface area contributed by atoms with Crippen molar-refractivity contribution < 1.29 is 22.4 Å². The van der Waals surface area contributed by atoms with E-state index in [-0.39, 0.29) is 12.2 Å². The van der Waals surface area contributed by atoms with E-state index in [2.05, 4.69) is 10.3 Å². The molecule has 9 heteroatoms. The van der Waals surface area contributed by atoms with E-state index in [0.717, 1.165) is 28.2 Å². The number of aromatic nitrogens is 1. The molecule has 4 nitrogen and oxygen atoms in total. The van der Waals surface area contributed by atoms with Gasteiger partial charge in [-0.25, -0.2) is 9.18 Å². The number of hydrogen-bond acceptors (Lipinski definition) is 1. The summed E-state index contributed by atoms with van der Waals surface area (Å²) in [6.45, 7) is 0.245. The van der Waals surface area contributed by atoms with Crippen LogP contribution in [-0.2, 0) is 12.6 Å². The molecule has 3 aromatic carbocycles. The molecule has 0 unspecified atom stereocenters. The fourth-order valence-electron chi connectivity index (χ4n) is 4.50. The van der Waals surface area contributed by atoms with Gasteiger partial charge in [0.25, 0.3) is 0 Å². The number of nitrogens with one attached hydrogen (secondary N) is 2. The number of benzene rings is 3. The molecule has 2 heterocycles. The highest BCUT2D eigenvalue weighted by Crippen LogP contribution is 2.40. The minimum absolute atomic E-state index is 0.245. The van der Waals surface area contributed by atoms with Gasteiger partial charge >= 0.3 is 12.2 Å². The summed E-state index contributed by atoms with van der Waals surface area (Å²) < 4.78 is 54.0. The second-order valence-electron chi connectivity index (χ2n) is 8.08. The number of rotatable bonds is 2. The number of nitrogens with zero attached hydrogens (tertiary/aromatic N) is 1. The zero-order valence-corrected chi connectivity index (χ0v) is 18.3. The van der Waals surface area contributed by atoms with Crippen molar-refractivity contribution in [3.05, 3.63) is 100.0 Å². The molecule has 1 aromatic heterocycles. The molecule has 2 amide bonds. The van der Waals surface area contributed by atoms with Gasteiger partial charge in [0.1, 0.15) is 5.82 Å². The minimum atomic E-state index is -4.62. The molecule has 0 aliphatic carbocycles. The van der Waals surface area contributed by atoms with Gasteiger partial charge in [-0.15, -0.1) is 0 Å². The topological polar surface area (TPSA) is 48.1 Å². The van der Waals surface area contributed by atoms with Crippen LogP contribution in [0.25, 0.3) is 10.9 Å². The van der Waals surface area contributed by atoms with Gasteiger partial charge in [0.05, 0.1) is 17.3 Å². The van der Waals surface area contributed by atoms with Gasteiger partial charge < -0.3 is 15.2 Å². The Morgan fingerprint density at radius 2 is 1.79 bits per heavy atom. The highest BCUT2D eigenvalue weighted by atomic mass is 35.5. The van der Waals surface area contributed by atoms with E-state index in [1.54, 1.807) is 18.2 Å². The van der Waals surface area contributed by atoms with Crippen molar-refractivity contribution in [3.8, 4) is 0 Å². The third-order valence-corrected chi connectivity index (χ3v) is 6.24. The second-order valence-corrected chi connectivity index (χ2v) is 8.51. The van der Waals surface area contributed by atoms with Crippen LogP contribution in [0.1, 0.15) is 28.4 Å². The third kappa shape index (κ3) is 3.98. The van der Waals surface area contributed by atoms with E-state index in [9.17, 15) is 22.4 Å². The SMILES string of the molecule is O=C(Nc1ccccc1C(F)(F)F)N1CCc2c([nH]c3ccc(Cl)cc23)[C@@H]1c1ccc(F)cc1. The molecular formula is C25H18ClF4N3O. The van der Waals surface area contributed by atoms with E-state index in [1.165, 1.54) is 35.2 Å². The van der Waals surface area contributed by atoms with Crippen molar-refractivity contribution in [2.24, 2.45) is 0 Å². The largest absolute Gasteiger partial charge is 0.418 e. The summed E-state index contributed by atoms with van der Waals surface area (Å²) in [5.41, 5.74) is 1.87. The van der Waals surface area contributed by atoms with Crippen LogP contribution in [-0.4, -0.2) is 22.5 Å². The lowest BCUT2D eigenvalue weighted by Gasteiger charge is -2.36. The van der Waals surface area contributed by atoms with Gasteiger partial charge in [0.15, 0.2) is 0 Å². The first-order valence-corrected chi connectivity index (χ1v) is 10.9. The predicted molar refractivity (Wildman–Crippen MR) is 122 cm³/mol. The molecule has 0 bridgehead atoms. The number of halogens is 5. The summed E-state index contributed by atoms with van der Waals surface area (Å²) in [5, 5.41) is 3.91. The zero-order chi connectivity index (χ0) is 24.0. The third-order valence-electron chi connectivity index (χ3n) is 6.01. The molecule has 4 aromatic rings. The van der Waals surface area contributed by atoms with E-state index in [0.29, 0.717) is 17.0 Å². The molecule has 34 heavy (non-hydrogen) atoms. The Hall–Kier alpha value is -3.52. The molecule has 0 radical (unpaired) electrons. The van der Waals surface area contributed by atoms with Crippen LogP contribution in [0.2, 0.25) is 5.02 Å². The number of fused-ring (bicyclic) bond motifs is 3. The number of aromatic amines is 1. The Morgan fingerprint density at radius 1 is 1.06 bits per heavy atom. The van der Waals surface area contributed by atoms with Crippen molar-refractivity contribution in [1.29, 1.82) is 0 Å². The Bertz CT molecular complexity index is 1380. The summed E-state index contributed by atoms with van der Waals surface area (Å²) in [4.78, 5) is 18.1.